The van der Waals surface area contributed by atoms with Crippen molar-refractivity contribution in [1.82, 2.24) is 10.9 Å². The average molecular weight is 242 g/mol. The summed E-state index contributed by atoms with van der Waals surface area (Å²) in [6, 6.07) is 0.353. The number of hydrogen-bond donors (Lipinski definition) is 2. The van der Waals surface area contributed by atoms with E-state index in [4.69, 9.17) is 4.74 Å². The van der Waals surface area contributed by atoms with Gasteiger partial charge in [0.2, 0.25) is 0 Å². The maximum atomic E-state index is 11.5. The van der Waals surface area contributed by atoms with Crippen LogP contribution in [-0.2, 0) is 4.74 Å². The van der Waals surface area contributed by atoms with Gasteiger partial charge < -0.3 is 4.74 Å². The van der Waals surface area contributed by atoms with Crippen LogP contribution in [0.1, 0.15) is 53.9 Å². The Hall–Kier alpha value is -0.770. The first-order valence-corrected chi connectivity index (χ1v) is 6.54. The predicted molar refractivity (Wildman–Crippen MR) is 68.5 cm³/mol. The number of carbonyl (C=O) groups excluding carboxylic acids is 1. The molecule has 1 aliphatic rings. The van der Waals surface area contributed by atoms with Crippen molar-refractivity contribution < 1.29 is 9.53 Å². The molecule has 1 saturated carbocycles. The first-order valence-electron chi connectivity index (χ1n) is 6.54. The summed E-state index contributed by atoms with van der Waals surface area (Å²) in [5.74, 6) is 1.29. The molecule has 1 fully saturated rings. The summed E-state index contributed by atoms with van der Waals surface area (Å²) < 4.78 is 5.18. The lowest BCUT2D eigenvalue weighted by Crippen LogP contribution is -2.50. The molecule has 17 heavy (non-hydrogen) atoms. The van der Waals surface area contributed by atoms with Gasteiger partial charge in [-0.25, -0.2) is 10.2 Å². The van der Waals surface area contributed by atoms with Crippen LogP contribution >= 0.6 is 0 Å². The second-order valence-electron chi connectivity index (χ2n) is 6.15. The van der Waals surface area contributed by atoms with Gasteiger partial charge in [-0.1, -0.05) is 26.7 Å². The van der Waals surface area contributed by atoms with Gasteiger partial charge in [-0.3, -0.25) is 5.43 Å². The molecular weight excluding hydrogens is 216 g/mol. The van der Waals surface area contributed by atoms with Crippen LogP contribution in [0.25, 0.3) is 0 Å². The zero-order valence-corrected chi connectivity index (χ0v) is 11.7. The maximum Gasteiger partial charge on any atom is 0.422 e. The standard InChI is InChI=1S/C13H26N2O2/c1-9-7-6-8-11(10(9)2)14-15-12(16)17-13(3,4)5/h9-11,14H,6-8H2,1-5H3,(H,15,16). The van der Waals surface area contributed by atoms with Crippen molar-refractivity contribution >= 4 is 6.09 Å². The number of rotatable bonds is 2. The van der Waals surface area contributed by atoms with Crippen LogP contribution in [0.3, 0.4) is 0 Å². The minimum Gasteiger partial charge on any atom is -0.443 e. The van der Waals surface area contributed by atoms with Crippen LogP contribution < -0.4 is 10.9 Å². The van der Waals surface area contributed by atoms with E-state index < -0.39 is 11.7 Å². The fraction of sp³-hybridized carbons (Fsp3) is 0.923. The Morgan fingerprint density at radius 1 is 1.24 bits per heavy atom. The van der Waals surface area contributed by atoms with Crippen LogP contribution in [0.5, 0.6) is 0 Å². The van der Waals surface area contributed by atoms with Crippen LogP contribution in [0, 0.1) is 11.8 Å². The molecule has 0 radical (unpaired) electrons. The molecule has 1 amide bonds. The van der Waals surface area contributed by atoms with E-state index in [1.165, 1.54) is 12.8 Å². The lowest BCUT2D eigenvalue weighted by molar-refractivity contribution is 0.0464. The van der Waals surface area contributed by atoms with E-state index in [0.717, 1.165) is 6.42 Å². The summed E-state index contributed by atoms with van der Waals surface area (Å²) in [5, 5.41) is 0. The fourth-order valence-electron chi connectivity index (χ4n) is 2.24. The van der Waals surface area contributed by atoms with Gasteiger partial charge in [0.1, 0.15) is 5.60 Å². The summed E-state index contributed by atoms with van der Waals surface area (Å²) in [5.41, 5.74) is 5.30. The van der Waals surface area contributed by atoms with E-state index in [1.54, 1.807) is 0 Å². The Morgan fingerprint density at radius 3 is 2.47 bits per heavy atom. The van der Waals surface area contributed by atoms with Crippen molar-refractivity contribution in [2.75, 3.05) is 0 Å². The Kier molecular flexibility index (Phi) is 4.80. The van der Waals surface area contributed by atoms with E-state index in [0.29, 0.717) is 17.9 Å². The number of nitrogens with one attached hydrogen (secondary N) is 2. The minimum atomic E-state index is -0.447. The van der Waals surface area contributed by atoms with Gasteiger partial charge in [0.25, 0.3) is 0 Å². The fourth-order valence-corrected chi connectivity index (χ4v) is 2.24. The minimum absolute atomic E-state index is 0.353. The summed E-state index contributed by atoms with van der Waals surface area (Å²) in [6.45, 7) is 10.1. The highest BCUT2D eigenvalue weighted by Gasteiger charge is 2.27. The Morgan fingerprint density at radius 2 is 1.88 bits per heavy atom. The predicted octanol–water partition coefficient (Wildman–Crippen LogP) is 2.84. The first-order chi connectivity index (χ1) is 7.79. The van der Waals surface area contributed by atoms with E-state index in [2.05, 4.69) is 24.7 Å². The zero-order chi connectivity index (χ0) is 13.1. The van der Waals surface area contributed by atoms with Gasteiger partial charge in [0.15, 0.2) is 0 Å². The normalized spacial score (nSPS) is 29.8. The van der Waals surface area contributed by atoms with Gasteiger partial charge in [-0.2, -0.15) is 0 Å². The first kappa shape index (κ1) is 14.3. The second kappa shape index (κ2) is 5.71. The summed E-state index contributed by atoms with van der Waals surface area (Å²) in [4.78, 5) is 11.5. The largest absolute Gasteiger partial charge is 0.443 e. The molecule has 3 atom stereocenters. The average Bonchev–Trinajstić information content (AvgIpc) is 2.18. The van der Waals surface area contributed by atoms with E-state index in [9.17, 15) is 4.79 Å². The van der Waals surface area contributed by atoms with E-state index in [-0.39, 0.29) is 0 Å². The summed E-state index contributed by atoms with van der Waals surface area (Å²) in [7, 11) is 0. The third-order valence-electron chi connectivity index (χ3n) is 3.47. The highest BCUT2D eigenvalue weighted by atomic mass is 16.6. The molecule has 0 bridgehead atoms. The molecule has 0 spiro atoms. The smallest absolute Gasteiger partial charge is 0.422 e. The summed E-state index contributed by atoms with van der Waals surface area (Å²) >= 11 is 0. The lowest BCUT2D eigenvalue weighted by atomic mass is 9.78. The van der Waals surface area contributed by atoms with Crippen molar-refractivity contribution in [2.24, 2.45) is 11.8 Å². The highest BCUT2D eigenvalue weighted by Crippen LogP contribution is 2.29. The van der Waals surface area contributed by atoms with Gasteiger partial charge in [-0.15, -0.1) is 0 Å². The van der Waals surface area contributed by atoms with Crippen molar-refractivity contribution in [3.63, 3.8) is 0 Å². The Balaban J connectivity index is 2.32. The number of amides is 1. The van der Waals surface area contributed by atoms with Gasteiger partial charge in [0, 0.05) is 6.04 Å². The molecule has 0 aromatic carbocycles. The Labute approximate surface area is 104 Å². The lowest BCUT2D eigenvalue weighted by Gasteiger charge is -2.34. The number of hydrogen-bond acceptors (Lipinski definition) is 3. The van der Waals surface area contributed by atoms with Crippen LogP contribution in [-0.4, -0.2) is 17.7 Å². The molecule has 0 heterocycles. The van der Waals surface area contributed by atoms with Gasteiger partial charge in [-0.05, 0) is 39.0 Å². The SMILES string of the molecule is CC1CCCC(NNC(=O)OC(C)(C)C)C1C. The number of hydrazine groups is 1. The van der Waals surface area contributed by atoms with Gasteiger partial charge >= 0.3 is 6.09 Å². The molecule has 1 rings (SSSR count). The molecule has 3 unspecified atom stereocenters. The van der Waals surface area contributed by atoms with Crippen molar-refractivity contribution in [3.05, 3.63) is 0 Å². The number of carbonyl (C=O) groups is 1. The van der Waals surface area contributed by atoms with Crippen LogP contribution in [0.15, 0.2) is 0 Å². The maximum absolute atomic E-state index is 11.5. The topological polar surface area (TPSA) is 50.4 Å². The molecular formula is C13H26N2O2. The van der Waals surface area contributed by atoms with Crippen molar-refractivity contribution in [2.45, 2.75) is 65.5 Å². The molecule has 0 aromatic rings. The van der Waals surface area contributed by atoms with E-state index in [1.807, 2.05) is 20.8 Å². The third kappa shape index (κ3) is 4.94. The molecule has 2 N–H and O–H groups in total. The summed E-state index contributed by atoms with van der Waals surface area (Å²) in [6.07, 6.45) is 3.22. The molecule has 1 aliphatic carbocycles. The number of ether oxygens (including phenoxy) is 1. The monoisotopic (exact) mass is 242 g/mol. The molecule has 0 saturated heterocycles. The molecule has 0 aliphatic heterocycles. The highest BCUT2D eigenvalue weighted by molar-refractivity contribution is 5.67. The van der Waals surface area contributed by atoms with E-state index >= 15 is 0 Å². The molecule has 4 nitrogen and oxygen atoms in total. The second-order valence-corrected chi connectivity index (χ2v) is 6.15. The third-order valence-corrected chi connectivity index (χ3v) is 3.47. The van der Waals surface area contributed by atoms with Gasteiger partial charge in [0.05, 0.1) is 0 Å². The van der Waals surface area contributed by atoms with Crippen molar-refractivity contribution in [3.8, 4) is 0 Å². The zero-order valence-electron chi connectivity index (χ0n) is 11.7. The quantitative estimate of drug-likeness (QED) is 0.732. The molecule has 100 valence electrons. The Bertz CT molecular complexity index is 261. The molecule has 0 aromatic heterocycles. The van der Waals surface area contributed by atoms with Crippen LogP contribution in [0.4, 0.5) is 4.79 Å². The van der Waals surface area contributed by atoms with Crippen LogP contribution in [0.2, 0.25) is 0 Å². The molecule has 4 heteroatoms. The van der Waals surface area contributed by atoms with Crippen molar-refractivity contribution in [1.29, 1.82) is 0 Å².